The molecule has 7 atom stereocenters. The molecule has 4 N–H and O–H groups in total. The third kappa shape index (κ3) is 5.41. The zero-order chi connectivity index (χ0) is 23.7. The molecule has 4 nitrogen and oxygen atoms in total. The zero-order valence-electron chi connectivity index (χ0n) is 20.7. The Kier molecular flexibility index (Phi) is 8.13. The highest BCUT2D eigenvalue weighted by Gasteiger charge is 2.50. The Morgan fingerprint density at radius 1 is 1.22 bits per heavy atom. The number of hydrogen-bond acceptors (Lipinski definition) is 4. The van der Waals surface area contributed by atoms with Crippen molar-refractivity contribution >= 4 is 0 Å². The molecule has 0 aromatic rings. The van der Waals surface area contributed by atoms with Gasteiger partial charge >= 0.3 is 0 Å². The van der Waals surface area contributed by atoms with Crippen molar-refractivity contribution < 1.29 is 20.4 Å². The molecule has 3 aliphatic carbocycles. The minimum absolute atomic E-state index is 0.231. The number of hydrogen-bond donors (Lipinski definition) is 4. The summed E-state index contributed by atoms with van der Waals surface area (Å²) in [6.45, 7) is 12.5. The van der Waals surface area contributed by atoms with Crippen molar-refractivity contribution in [1.82, 2.24) is 0 Å². The molecule has 0 aromatic heterocycles. The van der Waals surface area contributed by atoms with E-state index in [-0.39, 0.29) is 6.61 Å². The van der Waals surface area contributed by atoms with Crippen LogP contribution >= 0.6 is 0 Å². The van der Waals surface area contributed by atoms with Crippen LogP contribution in [0.3, 0.4) is 0 Å². The summed E-state index contributed by atoms with van der Waals surface area (Å²) in [5.41, 5.74) is 2.82. The summed E-state index contributed by atoms with van der Waals surface area (Å²) in [6.07, 6.45) is 12.4. The Morgan fingerprint density at radius 2 is 1.94 bits per heavy atom. The van der Waals surface area contributed by atoms with E-state index in [0.29, 0.717) is 29.2 Å². The zero-order valence-corrected chi connectivity index (χ0v) is 20.7. The topological polar surface area (TPSA) is 80.9 Å². The first-order valence-electron chi connectivity index (χ1n) is 12.8. The molecule has 0 aliphatic heterocycles. The highest BCUT2D eigenvalue weighted by atomic mass is 16.3. The highest BCUT2D eigenvalue weighted by molar-refractivity contribution is 5.39. The van der Waals surface area contributed by atoms with Gasteiger partial charge in [-0.2, -0.15) is 0 Å². The molecule has 32 heavy (non-hydrogen) atoms. The van der Waals surface area contributed by atoms with Gasteiger partial charge < -0.3 is 20.4 Å². The quantitative estimate of drug-likeness (QED) is 0.447. The van der Waals surface area contributed by atoms with Gasteiger partial charge in [0.2, 0.25) is 0 Å². The second-order valence-electron chi connectivity index (χ2n) is 11.8. The van der Waals surface area contributed by atoms with Crippen LogP contribution in [-0.2, 0) is 0 Å². The largest absolute Gasteiger partial charge is 0.396 e. The van der Waals surface area contributed by atoms with Crippen molar-refractivity contribution in [2.45, 2.75) is 103 Å². The molecule has 0 amide bonds. The van der Waals surface area contributed by atoms with E-state index >= 15 is 0 Å². The smallest absolute Gasteiger partial charge is 0.0862 e. The van der Waals surface area contributed by atoms with Crippen LogP contribution in [0.1, 0.15) is 85.5 Å². The fraction of sp³-hybridized carbons (Fsp3) is 0.786. The van der Waals surface area contributed by atoms with Gasteiger partial charge in [-0.3, -0.25) is 0 Å². The first kappa shape index (κ1) is 25.7. The fourth-order valence-corrected chi connectivity index (χ4v) is 7.04. The Morgan fingerprint density at radius 3 is 2.59 bits per heavy atom. The van der Waals surface area contributed by atoms with Crippen molar-refractivity contribution in [1.29, 1.82) is 0 Å². The lowest BCUT2D eigenvalue weighted by atomic mass is 9.60. The van der Waals surface area contributed by atoms with Crippen LogP contribution in [0.25, 0.3) is 0 Å². The average molecular weight is 447 g/mol. The van der Waals surface area contributed by atoms with Crippen LogP contribution in [0.4, 0.5) is 0 Å². The minimum atomic E-state index is -0.884. The standard InChI is InChI=1S/C28H46O4/c1-18(8-6-14-27(3,4)32)23-12-13-24-20(9-7-15-28(23,24)5)10-11-21-16-25(30)22(17-29)26(31)19(21)2/h10-11,18,22-26,29-32H,2,6-9,12-17H2,1,3-5H3/b20-10+,21-11+/t18-,22-,23+,24-,25+,26+,28+/m0/s1. The van der Waals surface area contributed by atoms with Crippen LogP contribution in [0, 0.1) is 29.1 Å². The third-order valence-electron chi connectivity index (χ3n) is 8.98. The summed E-state index contributed by atoms with van der Waals surface area (Å²) in [5.74, 6) is 1.46. The van der Waals surface area contributed by atoms with Gasteiger partial charge in [0.05, 0.1) is 24.4 Å². The molecule has 3 fully saturated rings. The first-order valence-corrected chi connectivity index (χ1v) is 12.8. The number of fused-ring (bicyclic) bond motifs is 1. The minimum Gasteiger partial charge on any atom is -0.396 e. The van der Waals surface area contributed by atoms with Crippen LogP contribution in [-0.4, -0.2) is 44.8 Å². The summed E-state index contributed by atoms with van der Waals surface area (Å²) in [7, 11) is 0. The Labute approximate surface area is 195 Å². The van der Waals surface area contributed by atoms with E-state index in [0.717, 1.165) is 30.8 Å². The van der Waals surface area contributed by atoms with Crippen molar-refractivity contribution in [2.24, 2.45) is 29.1 Å². The van der Waals surface area contributed by atoms with E-state index in [1.807, 2.05) is 13.8 Å². The average Bonchev–Trinajstić information content (AvgIpc) is 3.06. The predicted octanol–water partition coefficient (Wildman–Crippen LogP) is 4.92. The normalized spacial score (nSPS) is 39.5. The Hall–Kier alpha value is -0.940. The van der Waals surface area contributed by atoms with E-state index in [2.05, 4.69) is 32.6 Å². The molecule has 0 spiro atoms. The molecule has 182 valence electrons. The van der Waals surface area contributed by atoms with Gasteiger partial charge in [-0.15, -0.1) is 0 Å². The number of aliphatic hydroxyl groups excluding tert-OH is 3. The maximum absolute atomic E-state index is 10.4. The van der Waals surface area contributed by atoms with Crippen molar-refractivity contribution in [2.75, 3.05) is 6.61 Å². The maximum atomic E-state index is 10.4. The van der Waals surface area contributed by atoms with Gasteiger partial charge in [-0.1, -0.05) is 51.0 Å². The monoisotopic (exact) mass is 446 g/mol. The Bertz CT molecular complexity index is 730. The van der Waals surface area contributed by atoms with Gasteiger partial charge in [0, 0.05) is 5.92 Å². The van der Waals surface area contributed by atoms with Gasteiger partial charge in [-0.25, -0.2) is 0 Å². The van der Waals surface area contributed by atoms with Crippen molar-refractivity contribution in [3.63, 3.8) is 0 Å². The molecule has 0 bridgehead atoms. The van der Waals surface area contributed by atoms with Crippen LogP contribution in [0.15, 0.2) is 35.5 Å². The summed E-state index contributed by atoms with van der Waals surface area (Å²) < 4.78 is 0. The molecule has 0 heterocycles. The molecule has 0 saturated heterocycles. The Balaban J connectivity index is 1.71. The van der Waals surface area contributed by atoms with Crippen molar-refractivity contribution in [3.05, 3.63) is 35.5 Å². The van der Waals surface area contributed by atoms with Crippen LogP contribution in [0.2, 0.25) is 0 Å². The van der Waals surface area contributed by atoms with E-state index < -0.39 is 23.7 Å². The van der Waals surface area contributed by atoms with E-state index in [1.54, 1.807) is 0 Å². The summed E-state index contributed by atoms with van der Waals surface area (Å²) in [6, 6.07) is 0. The molecule has 0 radical (unpaired) electrons. The molecule has 0 aromatic carbocycles. The van der Waals surface area contributed by atoms with Crippen molar-refractivity contribution in [3.8, 4) is 0 Å². The van der Waals surface area contributed by atoms with Gasteiger partial charge in [0.25, 0.3) is 0 Å². The van der Waals surface area contributed by atoms with E-state index in [4.69, 9.17) is 0 Å². The molecular weight excluding hydrogens is 400 g/mol. The van der Waals surface area contributed by atoms with Crippen LogP contribution in [0.5, 0.6) is 0 Å². The van der Waals surface area contributed by atoms with Gasteiger partial charge in [-0.05, 0) is 93.1 Å². The van der Waals surface area contributed by atoms with Crippen LogP contribution < -0.4 is 0 Å². The second-order valence-corrected chi connectivity index (χ2v) is 11.8. The van der Waals surface area contributed by atoms with Gasteiger partial charge in [0.1, 0.15) is 0 Å². The number of aliphatic hydroxyl groups is 4. The number of allylic oxidation sites excluding steroid dienone is 3. The second kappa shape index (κ2) is 10.1. The highest BCUT2D eigenvalue weighted by Crippen LogP contribution is 2.60. The molecule has 3 rings (SSSR count). The maximum Gasteiger partial charge on any atom is 0.0862 e. The molecule has 0 unspecified atom stereocenters. The summed E-state index contributed by atoms with van der Waals surface area (Å²) >= 11 is 0. The van der Waals surface area contributed by atoms with E-state index in [9.17, 15) is 20.4 Å². The first-order chi connectivity index (χ1) is 15.0. The third-order valence-corrected chi connectivity index (χ3v) is 8.98. The lowest BCUT2D eigenvalue weighted by molar-refractivity contribution is -0.0105. The predicted molar refractivity (Wildman–Crippen MR) is 130 cm³/mol. The number of rotatable bonds is 7. The van der Waals surface area contributed by atoms with Gasteiger partial charge in [0.15, 0.2) is 0 Å². The SMILES string of the molecule is C=C1/C(=C/C=C2\CCC[C@]3(C)[C@@H]([C@@H](C)CCCC(C)(C)O)CC[C@@H]23)C[C@@H](O)[C@H](CO)[C@@H]1O. The molecule has 4 heteroatoms. The fourth-order valence-electron chi connectivity index (χ4n) is 7.04. The lowest BCUT2D eigenvalue weighted by Crippen LogP contribution is -2.40. The molecular formula is C28H46O4. The van der Waals surface area contributed by atoms with E-state index in [1.165, 1.54) is 37.7 Å². The lowest BCUT2D eigenvalue weighted by Gasteiger charge is -2.44. The molecule has 3 aliphatic rings. The molecule has 3 saturated carbocycles. The summed E-state index contributed by atoms with van der Waals surface area (Å²) in [4.78, 5) is 0. The summed E-state index contributed by atoms with van der Waals surface area (Å²) in [5, 5.41) is 40.3.